The minimum Gasteiger partial charge on any atom is -0.334 e. The first kappa shape index (κ1) is 16.1. The van der Waals surface area contributed by atoms with Crippen LogP contribution in [0, 0.1) is 6.92 Å². The fourth-order valence-corrected chi connectivity index (χ4v) is 4.05. The van der Waals surface area contributed by atoms with E-state index in [0.29, 0.717) is 6.04 Å². The predicted molar refractivity (Wildman–Crippen MR) is 94.9 cm³/mol. The Labute approximate surface area is 141 Å². The Morgan fingerprint density at radius 3 is 2.83 bits per heavy atom. The molecule has 1 N–H and O–H groups in total. The molecule has 1 atom stereocenters. The third-order valence-electron chi connectivity index (χ3n) is 4.21. The molecule has 23 heavy (non-hydrogen) atoms. The monoisotopic (exact) mass is 329 g/mol. The number of rotatable bonds is 5. The van der Waals surface area contributed by atoms with Crippen molar-refractivity contribution < 1.29 is 4.79 Å². The molecule has 1 amide bonds. The first-order chi connectivity index (χ1) is 11.2. The normalized spacial score (nSPS) is 17.4. The molecule has 2 aromatic rings. The fourth-order valence-electron chi connectivity index (χ4n) is 3.03. The number of carbonyl (C=O) groups is 1. The molecule has 1 aliphatic rings. The number of hydrogen-bond acceptors (Lipinski definition) is 4. The molecule has 5 heteroatoms. The van der Waals surface area contributed by atoms with Crippen molar-refractivity contribution in [3.05, 3.63) is 40.9 Å². The minimum atomic E-state index is 0.137. The highest BCUT2D eigenvalue weighted by molar-refractivity contribution is 7.17. The van der Waals surface area contributed by atoms with Crippen LogP contribution in [0.1, 0.15) is 35.1 Å². The van der Waals surface area contributed by atoms with Gasteiger partial charge in [-0.1, -0.05) is 37.3 Å². The first-order valence-electron chi connectivity index (χ1n) is 8.25. The smallest absolute Gasteiger partial charge is 0.266 e. The van der Waals surface area contributed by atoms with E-state index < -0.39 is 0 Å². The van der Waals surface area contributed by atoms with Gasteiger partial charge in [-0.2, -0.15) is 0 Å². The van der Waals surface area contributed by atoms with Crippen LogP contribution < -0.4 is 5.32 Å². The molecule has 4 nitrogen and oxygen atoms in total. The summed E-state index contributed by atoms with van der Waals surface area (Å²) in [5.41, 5.74) is 1.91. The second kappa shape index (κ2) is 7.23. The van der Waals surface area contributed by atoms with E-state index in [9.17, 15) is 4.79 Å². The lowest BCUT2D eigenvalue weighted by molar-refractivity contribution is 0.0696. The maximum atomic E-state index is 13.1. The summed E-state index contributed by atoms with van der Waals surface area (Å²) in [5.74, 6) is 0.137. The number of carbonyl (C=O) groups excluding carboxylic acids is 1. The minimum absolute atomic E-state index is 0.137. The molecule has 1 unspecified atom stereocenters. The van der Waals surface area contributed by atoms with E-state index in [1.807, 2.05) is 42.2 Å². The van der Waals surface area contributed by atoms with Gasteiger partial charge in [0.1, 0.15) is 9.88 Å². The third-order valence-corrected chi connectivity index (χ3v) is 5.41. The molecular formula is C18H23N3OS. The summed E-state index contributed by atoms with van der Waals surface area (Å²) >= 11 is 1.51. The van der Waals surface area contributed by atoms with Crippen LogP contribution in [-0.2, 0) is 0 Å². The van der Waals surface area contributed by atoms with Crippen molar-refractivity contribution in [1.82, 2.24) is 15.2 Å². The van der Waals surface area contributed by atoms with Gasteiger partial charge < -0.3 is 10.2 Å². The van der Waals surface area contributed by atoms with Crippen LogP contribution in [-0.4, -0.2) is 41.5 Å². The van der Waals surface area contributed by atoms with Crippen LogP contribution in [0.15, 0.2) is 30.3 Å². The van der Waals surface area contributed by atoms with Gasteiger partial charge >= 0.3 is 0 Å². The molecule has 1 aromatic heterocycles. The van der Waals surface area contributed by atoms with Gasteiger partial charge in [0.2, 0.25) is 0 Å². The molecule has 122 valence electrons. The van der Waals surface area contributed by atoms with Crippen LogP contribution >= 0.6 is 11.3 Å². The summed E-state index contributed by atoms with van der Waals surface area (Å²) in [6.45, 7) is 6.76. The van der Waals surface area contributed by atoms with E-state index in [1.165, 1.54) is 11.3 Å². The Balaban J connectivity index is 1.87. The third kappa shape index (κ3) is 3.46. The van der Waals surface area contributed by atoms with Crippen molar-refractivity contribution in [1.29, 1.82) is 0 Å². The second-order valence-corrected chi connectivity index (χ2v) is 6.94. The maximum Gasteiger partial charge on any atom is 0.266 e. The lowest BCUT2D eigenvalue weighted by atomic mass is 10.2. The lowest BCUT2D eigenvalue weighted by Gasteiger charge is -2.27. The number of nitrogens with zero attached hydrogens (tertiary/aromatic N) is 2. The summed E-state index contributed by atoms with van der Waals surface area (Å²) in [4.78, 5) is 20.5. The van der Waals surface area contributed by atoms with Gasteiger partial charge in [-0.3, -0.25) is 4.79 Å². The summed E-state index contributed by atoms with van der Waals surface area (Å²) < 4.78 is 0. The Hall–Kier alpha value is -1.72. The number of benzene rings is 1. The molecule has 0 spiro atoms. The van der Waals surface area contributed by atoms with Gasteiger partial charge in [0, 0.05) is 24.7 Å². The zero-order chi connectivity index (χ0) is 16.2. The zero-order valence-electron chi connectivity index (χ0n) is 13.7. The Kier molecular flexibility index (Phi) is 5.08. The van der Waals surface area contributed by atoms with Crippen LogP contribution in [0.2, 0.25) is 0 Å². The van der Waals surface area contributed by atoms with E-state index in [4.69, 9.17) is 0 Å². The van der Waals surface area contributed by atoms with Gasteiger partial charge in [0.05, 0.1) is 5.69 Å². The molecule has 1 saturated heterocycles. The van der Waals surface area contributed by atoms with E-state index in [2.05, 4.69) is 17.2 Å². The Morgan fingerprint density at radius 1 is 1.39 bits per heavy atom. The van der Waals surface area contributed by atoms with E-state index in [0.717, 1.165) is 53.6 Å². The van der Waals surface area contributed by atoms with Gasteiger partial charge in [-0.25, -0.2) is 4.98 Å². The van der Waals surface area contributed by atoms with Crippen molar-refractivity contribution >= 4 is 17.2 Å². The average Bonchev–Trinajstić information content (AvgIpc) is 3.22. The van der Waals surface area contributed by atoms with Crippen molar-refractivity contribution in [2.75, 3.05) is 19.6 Å². The predicted octanol–water partition coefficient (Wildman–Crippen LogP) is 3.33. The molecule has 1 fully saturated rings. The number of amides is 1. The number of aromatic nitrogens is 1. The van der Waals surface area contributed by atoms with Crippen LogP contribution in [0.5, 0.6) is 0 Å². The summed E-state index contributed by atoms with van der Waals surface area (Å²) in [5, 5.41) is 4.28. The second-order valence-electron chi connectivity index (χ2n) is 5.94. The molecular weight excluding hydrogens is 306 g/mol. The molecule has 2 heterocycles. The van der Waals surface area contributed by atoms with Gasteiger partial charge in [-0.05, 0) is 26.3 Å². The van der Waals surface area contributed by atoms with Crippen molar-refractivity contribution in [2.45, 2.75) is 32.7 Å². The summed E-state index contributed by atoms with van der Waals surface area (Å²) in [6, 6.07) is 10.4. The molecule has 0 saturated carbocycles. The number of hydrogen-bond donors (Lipinski definition) is 1. The molecule has 1 aliphatic heterocycles. The van der Waals surface area contributed by atoms with Gasteiger partial charge in [0.15, 0.2) is 0 Å². The number of thiazole rings is 1. The highest BCUT2D eigenvalue weighted by atomic mass is 32.1. The lowest BCUT2D eigenvalue weighted by Crippen LogP contribution is -2.42. The van der Waals surface area contributed by atoms with Crippen molar-refractivity contribution in [2.24, 2.45) is 0 Å². The first-order valence-corrected chi connectivity index (χ1v) is 9.07. The molecule has 0 radical (unpaired) electrons. The largest absolute Gasteiger partial charge is 0.334 e. The molecule has 1 aromatic carbocycles. The quantitative estimate of drug-likeness (QED) is 0.915. The Morgan fingerprint density at radius 2 is 2.17 bits per heavy atom. The highest BCUT2D eigenvalue weighted by Gasteiger charge is 2.29. The van der Waals surface area contributed by atoms with Crippen LogP contribution in [0.25, 0.3) is 10.6 Å². The number of aryl methyl sites for hydroxylation is 1. The molecule has 0 aliphatic carbocycles. The topological polar surface area (TPSA) is 45.2 Å². The number of nitrogens with one attached hydrogen (secondary N) is 1. The highest BCUT2D eigenvalue weighted by Crippen LogP contribution is 2.29. The zero-order valence-corrected chi connectivity index (χ0v) is 14.5. The van der Waals surface area contributed by atoms with E-state index >= 15 is 0 Å². The van der Waals surface area contributed by atoms with E-state index in [1.54, 1.807) is 0 Å². The van der Waals surface area contributed by atoms with Crippen LogP contribution in [0.4, 0.5) is 0 Å². The van der Waals surface area contributed by atoms with E-state index in [-0.39, 0.29) is 5.91 Å². The standard InChI is InChI=1S/C18H23N3OS/c1-3-11-21(15-9-10-19-12-15)18(22)16-13(2)20-17(23-16)14-7-5-4-6-8-14/h4-8,15,19H,3,9-12H2,1-2H3. The Bertz CT molecular complexity index is 662. The maximum absolute atomic E-state index is 13.1. The average molecular weight is 329 g/mol. The fraction of sp³-hybridized carbons (Fsp3) is 0.444. The molecule has 3 rings (SSSR count). The van der Waals surface area contributed by atoms with Crippen LogP contribution in [0.3, 0.4) is 0 Å². The van der Waals surface area contributed by atoms with Gasteiger partial charge in [0.25, 0.3) is 5.91 Å². The summed E-state index contributed by atoms with van der Waals surface area (Å²) in [6.07, 6.45) is 2.01. The van der Waals surface area contributed by atoms with Crippen molar-refractivity contribution in [3.8, 4) is 10.6 Å². The summed E-state index contributed by atoms with van der Waals surface area (Å²) in [7, 11) is 0. The van der Waals surface area contributed by atoms with Gasteiger partial charge in [-0.15, -0.1) is 11.3 Å². The van der Waals surface area contributed by atoms with Crippen molar-refractivity contribution in [3.63, 3.8) is 0 Å². The molecule has 0 bridgehead atoms. The SMILES string of the molecule is CCCN(C(=O)c1sc(-c2ccccc2)nc1C)C1CCNC1.